The Balaban J connectivity index is 1.38. The number of carbonyl (C=O) groups is 1. The molecule has 6 atom stereocenters. The number of aliphatic hydroxyl groups is 2. The smallest absolute Gasteiger partial charge is 0.254 e. The number of unbranched alkanes of at least 4 members (excludes halogenated alkanes) is 2. The quantitative estimate of drug-likeness (QED) is 0.0586. The Kier molecular flexibility index (Phi) is 12.6. The van der Waals surface area contributed by atoms with Gasteiger partial charge in [-0.05, 0) is 91.1 Å². The van der Waals surface area contributed by atoms with Gasteiger partial charge in [-0.25, -0.2) is 0 Å². The van der Waals surface area contributed by atoms with E-state index in [4.69, 9.17) is 24.2 Å². The number of hydrogen-bond donors (Lipinski definition) is 2. The molecule has 3 aromatic carbocycles. The fraction of sp³-hybridized carbons (Fsp3) is 0.511. The van der Waals surface area contributed by atoms with Gasteiger partial charge in [-0.15, -0.1) is 6.58 Å². The summed E-state index contributed by atoms with van der Waals surface area (Å²) in [5.41, 5.74) is 3.45. The fourth-order valence-corrected chi connectivity index (χ4v) is 9.21. The zero-order chi connectivity index (χ0) is 38.4. The van der Waals surface area contributed by atoms with E-state index in [0.29, 0.717) is 37.4 Å². The number of carbonyl (C=O) groups excluding carboxylic acids is 1. The van der Waals surface area contributed by atoms with E-state index < -0.39 is 11.8 Å². The highest BCUT2D eigenvalue weighted by Gasteiger charge is 2.65. The van der Waals surface area contributed by atoms with Crippen LogP contribution in [0.15, 0.2) is 90.1 Å². The highest BCUT2D eigenvalue weighted by atomic mass is 16.7. The van der Waals surface area contributed by atoms with Crippen molar-refractivity contribution >= 4 is 22.4 Å². The summed E-state index contributed by atoms with van der Waals surface area (Å²) in [6.45, 7) is 10.6. The summed E-state index contributed by atoms with van der Waals surface area (Å²) in [6, 6.07) is 19.4. The molecule has 2 fully saturated rings. The van der Waals surface area contributed by atoms with Crippen LogP contribution in [0.5, 0.6) is 11.5 Å². The number of rotatable bonds is 19. The molecule has 10 heteroatoms. The molecule has 0 radical (unpaired) electrons. The normalized spacial score (nSPS) is 26.1. The van der Waals surface area contributed by atoms with E-state index in [9.17, 15) is 15.0 Å². The first kappa shape index (κ1) is 39.0. The lowest BCUT2D eigenvalue weighted by Crippen LogP contribution is -2.69. The van der Waals surface area contributed by atoms with Gasteiger partial charge >= 0.3 is 0 Å². The van der Waals surface area contributed by atoms with Gasteiger partial charge in [0.05, 0.1) is 18.2 Å². The molecular formula is C45H57N3O7. The number of benzene rings is 3. The lowest BCUT2D eigenvalue weighted by molar-refractivity contribution is -0.252. The molecule has 55 heavy (non-hydrogen) atoms. The van der Waals surface area contributed by atoms with E-state index in [1.165, 1.54) is 0 Å². The molecule has 10 nitrogen and oxygen atoms in total. The van der Waals surface area contributed by atoms with Crippen LogP contribution in [-0.2, 0) is 9.57 Å². The Morgan fingerprint density at radius 2 is 1.82 bits per heavy atom. The van der Waals surface area contributed by atoms with E-state index in [0.717, 1.165) is 85.1 Å². The Morgan fingerprint density at radius 1 is 1.04 bits per heavy atom. The SMILES string of the molecule is C=CCOC12Oc3ccc(OCCN4CC4)cc3C3C(CCCCO)C(CCCCO)C=C(C(=NOCC)CC1N(C)C(=O)c1ccc4ccccc4c1)C32. The lowest BCUT2D eigenvalue weighted by Gasteiger charge is -2.59. The summed E-state index contributed by atoms with van der Waals surface area (Å²) < 4.78 is 20.7. The van der Waals surface area contributed by atoms with Gasteiger partial charge in [0.2, 0.25) is 5.79 Å². The van der Waals surface area contributed by atoms with Crippen molar-refractivity contribution in [2.45, 2.75) is 69.6 Å². The second-order valence-electron chi connectivity index (χ2n) is 15.4. The van der Waals surface area contributed by atoms with Crippen LogP contribution >= 0.6 is 0 Å². The third-order valence-corrected chi connectivity index (χ3v) is 11.9. The zero-order valence-corrected chi connectivity index (χ0v) is 32.4. The molecule has 0 aromatic heterocycles. The molecule has 7 rings (SSSR count). The molecule has 294 valence electrons. The van der Waals surface area contributed by atoms with Crippen LogP contribution in [0.3, 0.4) is 0 Å². The minimum atomic E-state index is -1.29. The van der Waals surface area contributed by atoms with Crippen LogP contribution < -0.4 is 9.47 Å². The fourth-order valence-electron chi connectivity index (χ4n) is 9.21. The van der Waals surface area contributed by atoms with Crippen molar-refractivity contribution < 1.29 is 34.1 Å². The van der Waals surface area contributed by atoms with E-state index in [1.807, 2.05) is 68.6 Å². The maximum atomic E-state index is 14.7. The molecule has 1 amide bonds. The number of ether oxygens (including phenoxy) is 3. The molecule has 6 unspecified atom stereocenters. The number of amides is 1. The molecule has 3 aromatic rings. The lowest BCUT2D eigenvalue weighted by atomic mass is 9.55. The Morgan fingerprint density at radius 3 is 2.56 bits per heavy atom. The Bertz CT molecular complexity index is 1870. The van der Waals surface area contributed by atoms with E-state index in [1.54, 1.807) is 11.0 Å². The van der Waals surface area contributed by atoms with Crippen molar-refractivity contribution in [3.05, 3.63) is 96.1 Å². The van der Waals surface area contributed by atoms with Crippen molar-refractivity contribution in [3.8, 4) is 11.5 Å². The molecule has 2 N–H and O–H groups in total. The predicted molar refractivity (Wildman–Crippen MR) is 215 cm³/mol. The van der Waals surface area contributed by atoms with E-state index in [-0.39, 0.29) is 49.4 Å². The molecule has 4 aliphatic rings. The largest absolute Gasteiger partial charge is 0.492 e. The Hall–Kier alpha value is -4.22. The summed E-state index contributed by atoms with van der Waals surface area (Å²) in [4.78, 5) is 24.6. The van der Waals surface area contributed by atoms with Crippen molar-refractivity contribution in [3.63, 3.8) is 0 Å². The van der Waals surface area contributed by atoms with Gasteiger partial charge in [0.25, 0.3) is 5.91 Å². The van der Waals surface area contributed by atoms with Crippen LogP contribution in [-0.4, -0.2) is 103 Å². The topological polar surface area (TPSA) is 113 Å². The first-order valence-electron chi connectivity index (χ1n) is 20.2. The third kappa shape index (κ3) is 8.19. The van der Waals surface area contributed by atoms with Gasteiger partial charge in [0.1, 0.15) is 30.8 Å². The number of fused-ring (bicyclic) bond motifs is 3. The minimum absolute atomic E-state index is 0.0964. The number of oxime groups is 1. The average molecular weight is 752 g/mol. The molecule has 1 saturated carbocycles. The summed E-state index contributed by atoms with van der Waals surface area (Å²) in [7, 11) is 1.84. The van der Waals surface area contributed by atoms with Crippen molar-refractivity contribution in [2.24, 2.45) is 22.9 Å². The maximum absolute atomic E-state index is 14.7. The maximum Gasteiger partial charge on any atom is 0.254 e. The van der Waals surface area contributed by atoms with Crippen molar-refractivity contribution in [1.82, 2.24) is 9.80 Å². The highest BCUT2D eigenvalue weighted by molar-refractivity contribution is 6.04. The molecule has 2 heterocycles. The molecule has 2 aliphatic heterocycles. The molecule has 0 bridgehead atoms. The second kappa shape index (κ2) is 17.7. The summed E-state index contributed by atoms with van der Waals surface area (Å²) >= 11 is 0. The van der Waals surface area contributed by atoms with E-state index >= 15 is 0 Å². The predicted octanol–water partition coefficient (Wildman–Crippen LogP) is 6.96. The van der Waals surface area contributed by atoms with Crippen LogP contribution in [0.4, 0.5) is 0 Å². The molecule has 2 aliphatic carbocycles. The first-order chi connectivity index (χ1) is 26.9. The van der Waals surface area contributed by atoms with Gasteiger partial charge in [0.15, 0.2) is 0 Å². The molecular weight excluding hydrogens is 695 g/mol. The number of nitrogens with zero attached hydrogens (tertiary/aromatic N) is 3. The number of aliphatic hydroxyl groups excluding tert-OH is 2. The average Bonchev–Trinajstić information content (AvgIpc) is 4.04. The monoisotopic (exact) mass is 751 g/mol. The zero-order valence-electron chi connectivity index (χ0n) is 32.4. The number of allylic oxidation sites excluding steroid dienone is 1. The molecule has 0 spiro atoms. The second-order valence-corrected chi connectivity index (χ2v) is 15.4. The number of hydrogen-bond acceptors (Lipinski definition) is 9. The van der Waals surface area contributed by atoms with Gasteiger partial charge in [-0.2, -0.15) is 0 Å². The summed E-state index contributed by atoms with van der Waals surface area (Å²) in [5, 5.41) is 26.5. The highest BCUT2D eigenvalue weighted by Crippen LogP contribution is 2.61. The van der Waals surface area contributed by atoms with Gasteiger partial charge in [0, 0.05) is 63.4 Å². The van der Waals surface area contributed by atoms with Gasteiger partial charge in [-0.1, -0.05) is 60.5 Å². The Labute approximate surface area is 325 Å². The van der Waals surface area contributed by atoms with Crippen LogP contribution in [0.25, 0.3) is 10.8 Å². The third-order valence-electron chi connectivity index (χ3n) is 11.9. The minimum Gasteiger partial charge on any atom is -0.492 e. The standard InChI is InChI=1S/C45H57N3O7/c1-4-25-53-45-41(47(3)44(51)34-17-16-31-12-6-7-13-32(31)27-34)30-39(46-54-5-2)37-28-33(14-8-10-23-49)36(15-9-11-24-50)42(43(37)45)38-29-35(18-19-40(38)55-45)52-26-22-48-20-21-48/h4,6-7,12-13,16-19,27-29,33,36,41-43,49-50H,1,5,8-11,14-15,20-26,30H2,2-3H3. The van der Waals surface area contributed by atoms with Crippen LogP contribution in [0, 0.1) is 17.8 Å². The molecule has 1 saturated heterocycles. The summed E-state index contributed by atoms with van der Waals surface area (Å²) in [5.74, 6) is -0.0629. The van der Waals surface area contributed by atoms with E-state index in [2.05, 4.69) is 23.6 Å². The van der Waals surface area contributed by atoms with Crippen LogP contribution in [0.2, 0.25) is 0 Å². The van der Waals surface area contributed by atoms with Crippen molar-refractivity contribution in [1.29, 1.82) is 0 Å². The van der Waals surface area contributed by atoms with Crippen LogP contribution in [0.1, 0.15) is 73.7 Å². The van der Waals surface area contributed by atoms with Gasteiger partial charge < -0.3 is 34.2 Å². The van der Waals surface area contributed by atoms with Gasteiger partial charge in [-0.3, -0.25) is 9.69 Å². The van der Waals surface area contributed by atoms with Crippen molar-refractivity contribution in [2.75, 3.05) is 59.7 Å². The first-order valence-corrected chi connectivity index (χ1v) is 20.2. The summed E-state index contributed by atoms with van der Waals surface area (Å²) in [6.07, 6.45) is 9.40. The number of likely N-dealkylation sites (N-methyl/N-ethyl adjacent to an activating group) is 1.